The third-order valence-corrected chi connectivity index (χ3v) is 21.7. The molecule has 0 heterocycles. The molecule has 0 aromatic carbocycles. The van der Waals surface area contributed by atoms with Crippen LogP contribution in [-0.4, -0.2) is 43.1 Å². The van der Waals surface area contributed by atoms with Gasteiger partial charge in [-0.2, -0.15) is 0 Å². The lowest BCUT2D eigenvalue weighted by atomic mass is 10.2. The minimum absolute atomic E-state index is 0.0185. The van der Waals surface area contributed by atoms with Crippen molar-refractivity contribution < 1.29 is 22.8 Å². The van der Waals surface area contributed by atoms with Gasteiger partial charge in [0.15, 0.2) is 8.32 Å². The zero-order valence-electron chi connectivity index (χ0n) is 29.0. The summed E-state index contributed by atoms with van der Waals surface area (Å²) < 4.78 is 25.5. The fraction of sp³-hybridized carbons (Fsp3) is 0.839. The van der Waals surface area contributed by atoms with E-state index in [4.69, 9.17) is 18.0 Å². The monoisotopic (exact) mass is 600 g/mol. The van der Waals surface area contributed by atoms with Gasteiger partial charge < -0.3 is 18.0 Å². The first-order valence-corrected chi connectivity index (χ1v) is 23.4. The average molecular weight is 601 g/mol. The molecule has 0 saturated heterocycles. The highest BCUT2D eigenvalue weighted by atomic mass is 28.4. The Labute approximate surface area is 245 Å². The van der Waals surface area contributed by atoms with Gasteiger partial charge in [-0.15, -0.1) is 0 Å². The molecule has 0 aromatic heterocycles. The molecule has 0 rings (SSSR count). The predicted octanol–water partition coefficient (Wildman–Crippen LogP) is 10.3. The van der Waals surface area contributed by atoms with Crippen LogP contribution in [-0.2, 0) is 22.8 Å². The second-order valence-corrected chi connectivity index (χ2v) is 30.7. The number of carbonyl (C=O) groups excluding carboxylic acids is 1. The molecule has 8 heteroatoms. The van der Waals surface area contributed by atoms with E-state index in [-0.39, 0.29) is 15.1 Å². The molecule has 230 valence electrons. The number of allylic oxidation sites excluding steroid dienone is 2. The quantitative estimate of drug-likeness (QED) is 0.0557. The van der Waals surface area contributed by atoms with Gasteiger partial charge in [-0.3, -0.25) is 0 Å². The van der Waals surface area contributed by atoms with E-state index in [1.165, 1.54) is 6.08 Å². The summed E-state index contributed by atoms with van der Waals surface area (Å²) in [5, 5.41) is 0.230. The topological polar surface area (TPSA) is 54.0 Å². The Morgan fingerprint density at radius 3 is 1.46 bits per heavy atom. The van der Waals surface area contributed by atoms with Crippen LogP contribution in [0.3, 0.4) is 0 Å². The van der Waals surface area contributed by atoms with E-state index in [2.05, 4.69) is 102 Å². The second kappa shape index (κ2) is 13.4. The molecule has 0 aromatic rings. The maximum absolute atomic E-state index is 12.9. The van der Waals surface area contributed by atoms with Crippen LogP contribution in [0.5, 0.6) is 0 Å². The molecule has 0 fully saturated rings. The van der Waals surface area contributed by atoms with Crippen LogP contribution in [0, 0.1) is 0 Å². The largest absolute Gasteiger partial charge is 0.546 e. The van der Waals surface area contributed by atoms with Gasteiger partial charge in [0, 0.05) is 19.1 Å². The van der Waals surface area contributed by atoms with Crippen LogP contribution in [0.2, 0.25) is 54.4 Å². The van der Waals surface area contributed by atoms with Gasteiger partial charge >= 0.3 is 5.97 Å². The SMILES string of the molecule is CC(C)(C)OC(=O)/C=C(/C=C(\CCCCO[Si](C)(C)C(C)(C)C)O[Si](C)(C)C(C)(C)C)O[Si](C)(C)C(C)(C)C. The molecule has 0 aliphatic heterocycles. The Balaban J connectivity index is 6.22. The Bertz CT molecular complexity index is 859. The summed E-state index contributed by atoms with van der Waals surface area (Å²) in [5.74, 6) is 1.01. The van der Waals surface area contributed by atoms with Crippen molar-refractivity contribution >= 4 is 30.9 Å². The first kappa shape index (κ1) is 38.2. The van der Waals surface area contributed by atoms with E-state index >= 15 is 0 Å². The molecule has 0 saturated carbocycles. The summed E-state index contributed by atoms with van der Waals surface area (Å²) in [4.78, 5) is 12.9. The minimum Gasteiger partial charge on any atom is -0.546 e. The van der Waals surface area contributed by atoms with E-state index in [0.717, 1.165) is 31.6 Å². The molecule has 0 atom stereocenters. The van der Waals surface area contributed by atoms with Gasteiger partial charge in [0.2, 0.25) is 16.6 Å². The highest BCUT2D eigenvalue weighted by molar-refractivity contribution is 6.75. The third-order valence-electron chi connectivity index (χ3n) is 8.43. The summed E-state index contributed by atoms with van der Waals surface area (Å²) in [6, 6.07) is 0. The summed E-state index contributed by atoms with van der Waals surface area (Å²) >= 11 is 0. The second-order valence-electron chi connectivity index (χ2n) is 16.5. The lowest BCUT2D eigenvalue weighted by molar-refractivity contribution is -0.148. The van der Waals surface area contributed by atoms with Crippen molar-refractivity contribution in [2.75, 3.05) is 6.61 Å². The zero-order chi connectivity index (χ0) is 31.3. The number of rotatable bonds is 12. The van der Waals surface area contributed by atoms with Crippen LogP contribution in [0.15, 0.2) is 23.7 Å². The van der Waals surface area contributed by atoms with Crippen molar-refractivity contribution in [2.45, 2.75) is 162 Å². The lowest BCUT2D eigenvalue weighted by Crippen LogP contribution is -2.41. The standard InChI is InChI=1S/C31H64O5Si3/c1-28(2,3)34-27(32)24-26(36-39(17,18)31(10,11)12)23-25(35-38(15,16)30(7,8)9)21-19-20-22-33-37(13,14)29(4,5)6/h23-24H,19-22H2,1-18H3/b25-23+,26-24-. The van der Waals surface area contributed by atoms with Crippen molar-refractivity contribution in [1.82, 2.24) is 0 Å². The molecular formula is C31H64O5Si3. The fourth-order valence-electron chi connectivity index (χ4n) is 2.73. The highest BCUT2D eigenvalue weighted by Crippen LogP contribution is 2.41. The van der Waals surface area contributed by atoms with Crippen molar-refractivity contribution in [1.29, 1.82) is 0 Å². The minimum atomic E-state index is -2.22. The zero-order valence-corrected chi connectivity index (χ0v) is 32.0. The van der Waals surface area contributed by atoms with Gasteiger partial charge in [-0.05, 0) is 88.0 Å². The van der Waals surface area contributed by atoms with Crippen LogP contribution < -0.4 is 0 Å². The van der Waals surface area contributed by atoms with Gasteiger partial charge in [0.1, 0.15) is 11.4 Å². The molecule has 5 nitrogen and oxygen atoms in total. The first-order valence-electron chi connectivity index (χ1n) is 14.7. The number of hydrogen-bond donors (Lipinski definition) is 0. The number of unbranched alkanes of at least 4 members (excludes halogenated alkanes) is 1. The molecule has 0 spiro atoms. The van der Waals surface area contributed by atoms with Crippen molar-refractivity contribution in [3.05, 3.63) is 23.7 Å². The molecule has 0 aliphatic rings. The van der Waals surface area contributed by atoms with Crippen LogP contribution in [0.4, 0.5) is 0 Å². The summed E-state index contributed by atoms with van der Waals surface area (Å²) in [6.45, 7) is 40.0. The fourth-order valence-corrected chi connectivity index (χ4v) is 5.96. The molecular weight excluding hydrogens is 537 g/mol. The van der Waals surface area contributed by atoms with Crippen LogP contribution in [0.25, 0.3) is 0 Å². The van der Waals surface area contributed by atoms with Gasteiger partial charge in [-0.1, -0.05) is 62.3 Å². The number of carbonyl (C=O) groups is 1. The highest BCUT2D eigenvalue weighted by Gasteiger charge is 2.41. The average Bonchev–Trinajstić information content (AvgIpc) is 2.62. The summed E-state index contributed by atoms with van der Waals surface area (Å²) in [5.41, 5.74) is -0.579. The maximum Gasteiger partial charge on any atom is 0.334 e. The van der Waals surface area contributed by atoms with Crippen LogP contribution >= 0.6 is 0 Å². The summed E-state index contributed by atoms with van der Waals surface area (Å²) in [6.07, 6.45) is 6.12. The van der Waals surface area contributed by atoms with Gasteiger partial charge in [0.25, 0.3) is 0 Å². The van der Waals surface area contributed by atoms with E-state index in [1.807, 2.05) is 26.8 Å². The molecule has 0 radical (unpaired) electrons. The third kappa shape index (κ3) is 13.6. The lowest BCUT2D eigenvalue weighted by Gasteiger charge is -2.39. The van der Waals surface area contributed by atoms with Crippen LogP contribution in [0.1, 0.15) is 102 Å². The smallest absolute Gasteiger partial charge is 0.334 e. The number of esters is 1. The molecule has 0 unspecified atom stereocenters. The molecule has 0 amide bonds. The van der Waals surface area contributed by atoms with Crippen molar-refractivity contribution in [3.63, 3.8) is 0 Å². The number of ether oxygens (including phenoxy) is 1. The van der Waals surface area contributed by atoms with Gasteiger partial charge in [-0.25, -0.2) is 4.79 Å². The molecule has 0 bridgehead atoms. The van der Waals surface area contributed by atoms with Crippen molar-refractivity contribution in [3.8, 4) is 0 Å². The van der Waals surface area contributed by atoms with E-state index in [9.17, 15) is 4.79 Å². The molecule has 0 aliphatic carbocycles. The molecule has 0 N–H and O–H groups in total. The Hall–Kier alpha value is -0.839. The maximum atomic E-state index is 12.9. The molecule has 39 heavy (non-hydrogen) atoms. The van der Waals surface area contributed by atoms with E-state index in [1.54, 1.807) is 0 Å². The van der Waals surface area contributed by atoms with E-state index in [0.29, 0.717) is 5.76 Å². The van der Waals surface area contributed by atoms with Gasteiger partial charge in [0.05, 0.1) is 11.8 Å². The van der Waals surface area contributed by atoms with E-state index < -0.39 is 36.5 Å². The Morgan fingerprint density at radius 2 is 1.05 bits per heavy atom. The normalized spacial score (nSPS) is 15.3. The summed E-state index contributed by atoms with van der Waals surface area (Å²) in [7, 11) is -6.10. The Morgan fingerprint density at radius 1 is 0.615 bits per heavy atom. The Kier molecular flexibility index (Phi) is 13.1. The van der Waals surface area contributed by atoms with Crippen molar-refractivity contribution in [2.24, 2.45) is 0 Å². The predicted molar refractivity (Wildman–Crippen MR) is 176 cm³/mol. The number of hydrogen-bond acceptors (Lipinski definition) is 5. The first-order chi connectivity index (χ1) is 17.0.